The molecule has 0 unspecified atom stereocenters. The van der Waals surface area contributed by atoms with Crippen molar-refractivity contribution in [3.05, 3.63) is 72.1 Å². The van der Waals surface area contributed by atoms with Gasteiger partial charge in [-0.3, -0.25) is 4.57 Å². The average molecular weight is 320 g/mol. The van der Waals surface area contributed by atoms with Crippen LogP contribution in [0.4, 0.5) is 0 Å². The summed E-state index contributed by atoms with van der Waals surface area (Å²) < 4.78 is 1.84. The molecule has 0 spiro atoms. The molecule has 0 bridgehead atoms. The van der Waals surface area contributed by atoms with Gasteiger partial charge in [0.05, 0.1) is 0 Å². The number of carboxylic acids is 1. The Morgan fingerprint density at radius 3 is 2.42 bits per heavy atom. The van der Waals surface area contributed by atoms with Gasteiger partial charge < -0.3 is 5.11 Å². The zero-order valence-corrected chi connectivity index (χ0v) is 13.6. The Kier molecular flexibility index (Phi) is 4.75. The lowest BCUT2D eigenvalue weighted by Gasteiger charge is -2.09. The first-order valence-electron chi connectivity index (χ1n) is 8.16. The lowest BCUT2D eigenvalue weighted by atomic mass is 10.1. The van der Waals surface area contributed by atoms with Crippen LogP contribution in [0.5, 0.6) is 0 Å². The Hall–Kier alpha value is -2.88. The van der Waals surface area contributed by atoms with Gasteiger partial charge in [0.25, 0.3) is 0 Å². The average Bonchev–Trinajstić information content (AvgIpc) is 3.07. The van der Waals surface area contributed by atoms with Gasteiger partial charge in [0.1, 0.15) is 5.82 Å². The molecule has 1 N–H and O–H groups in total. The second-order valence-corrected chi connectivity index (χ2v) is 5.76. The standard InChI is InChI=1S/C20H20N2O2/c1-2-3-7-15-10-12-17(13-11-15)22-14-18(20(23)24)21-19(22)16-8-5-4-6-9-16/h4-6,8-14H,2-3,7H2,1H3,(H,23,24). The van der Waals surface area contributed by atoms with E-state index in [0.717, 1.165) is 17.7 Å². The SMILES string of the molecule is CCCCc1ccc(-n2cc(C(=O)O)nc2-c2ccccc2)cc1. The van der Waals surface area contributed by atoms with Gasteiger partial charge in [-0.05, 0) is 30.5 Å². The maximum atomic E-state index is 11.3. The molecule has 0 aliphatic carbocycles. The zero-order valence-electron chi connectivity index (χ0n) is 13.6. The summed E-state index contributed by atoms with van der Waals surface area (Å²) in [6.45, 7) is 2.18. The highest BCUT2D eigenvalue weighted by Crippen LogP contribution is 2.23. The number of unbranched alkanes of at least 4 members (excludes halogenated alkanes) is 1. The number of carbonyl (C=O) groups is 1. The smallest absolute Gasteiger partial charge is 0.356 e. The first-order valence-corrected chi connectivity index (χ1v) is 8.16. The predicted molar refractivity (Wildman–Crippen MR) is 94.6 cm³/mol. The van der Waals surface area contributed by atoms with Crippen LogP contribution in [-0.2, 0) is 6.42 Å². The lowest BCUT2D eigenvalue weighted by Crippen LogP contribution is -1.97. The van der Waals surface area contributed by atoms with Gasteiger partial charge in [0.2, 0.25) is 0 Å². The number of aryl methyl sites for hydroxylation is 1. The number of imidazole rings is 1. The molecule has 0 aliphatic rings. The molecular weight excluding hydrogens is 300 g/mol. The largest absolute Gasteiger partial charge is 0.476 e. The number of aromatic nitrogens is 2. The normalized spacial score (nSPS) is 10.7. The van der Waals surface area contributed by atoms with Crippen LogP contribution >= 0.6 is 0 Å². The van der Waals surface area contributed by atoms with Crippen molar-refractivity contribution in [3.8, 4) is 17.1 Å². The third-order valence-electron chi connectivity index (χ3n) is 3.99. The quantitative estimate of drug-likeness (QED) is 0.723. The summed E-state index contributed by atoms with van der Waals surface area (Å²) in [5, 5.41) is 9.28. The third kappa shape index (κ3) is 3.38. The molecule has 0 atom stereocenters. The fourth-order valence-corrected chi connectivity index (χ4v) is 2.68. The zero-order chi connectivity index (χ0) is 16.9. The van der Waals surface area contributed by atoms with E-state index >= 15 is 0 Å². The Labute approximate surface area is 141 Å². The Balaban J connectivity index is 2.01. The van der Waals surface area contributed by atoms with E-state index in [4.69, 9.17) is 0 Å². The summed E-state index contributed by atoms with van der Waals surface area (Å²) >= 11 is 0. The third-order valence-corrected chi connectivity index (χ3v) is 3.99. The van der Waals surface area contributed by atoms with E-state index in [9.17, 15) is 9.90 Å². The van der Waals surface area contributed by atoms with Gasteiger partial charge in [-0.1, -0.05) is 55.8 Å². The van der Waals surface area contributed by atoms with Crippen LogP contribution in [-0.4, -0.2) is 20.6 Å². The van der Waals surface area contributed by atoms with Gasteiger partial charge in [-0.2, -0.15) is 0 Å². The maximum Gasteiger partial charge on any atom is 0.356 e. The monoisotopic (exact) mass is 320 g/mol. The molecule has 4 heteroatoms. The summed E-state index contributed by atoms with van der Waals surface area (Å²) in [5.74, 6) is -0.389. The summed E-state index contributed by atoms with van der Waals surface area (Å²) in [4.78, 5) is 15.6. The van der Waals surface area contributed by atoms with Gasteiger partial charge >= 0.3 is 5.97 Å². The molecule has 0 saturated carbocycles. The molecule has 0 aliphatic heterocycles. The van der Waals surface area contributed by atoms with Crippen molar-refractivity contribution in [2.24, 2.45) is 0 Å². The molecular formula is C20H20N2O2. The highest BCUT2D eigenvalue weighted by Gasteiger charge is 2.15. The molecule has 0 saturated heterocycles. The molecule has 3 aromatic rings. The molecule has 0 amide bonds. The van der Waals surface area contributed by atoms with Crippen molar-refractivity contribution < 1.29 is 9.90 Å². The van der Waals surface area contributed by atoms with Crippen molar-refractivity contribution in [2.45, 2.75) is 26.2 Å². The summed E-state index contributed by atoms with van der Waals surface area (Å²) in [7, 11) is 0. The highest BCUT2D eigenvalue weighted by molar-refractivity contribution is 5.86. The molecule has 122 valence electrons. The maximum absolute atomic E-state index is 11.3. The van der Waals surface area contributed by atoms with Crippen LogP contribution in [0.2, 0.25) is 0 Å². The number of carboxylic acid groups (broad SMARTS) is 1. The molecule has 3 rings (SSSR count). The highest BCUT2D eigenvalue weighted by atomic mass is 16.4. The summed E-state index contributed by atoms with van der Waals surface area (Å²) in [6.07, 6.45) is 4.98. The van der Waals surface area contributed by atoms with Crippen molar-refractivity contribution >= 4 is 5.97 Å². The van der Waals surface area contributed by atoms with Crippen LogP contribution in [0.25, 0.3) is 17.1 Å². The Morgan fingerprint density at radius 1 is 1.08 bits per heavy atom. The topological polar surface area (TPSA) is 55.1 Å². The van der Waals surface area contributed by atoms with E-state index in [1.165, 1.54) is 18.4 Å². The molecule has 1 aromatic heterocycles. The lowest BCUT2D eigenvalue weighted by molar-refractivity contribution is 0.0691. The molecule has 4 nitrogen and oxygen atoms in total. The number of benzene rings is 2. The minimum absolute atomic E-state index is 0.0453. The fraction of sp³-hybridized carbons (Fsp3) is 0.200. The predicted octanol–water partition coefficient (Wildman–Crippen LogP) is 4.58. The number of nitrogens with zero attached hydrogens (tertiary/aromatic N) is 2. The first kappa shape index (κ1) is 16.0. The van der Waals surface area contributed by atoms with Crippen LogP contribution in [0.15, 0.2) is 60.8 Å². The van der Waals surface area contributed by atoms with Gasteiger partial charge in [0, 0.05) is 17.4 Å². The molecule has 1 heterocycles. The van der Waals surface area contributed by atoms with E-state index in [0.29, 0.717) is 5.82 Å². The van der Waals surface area contributed by atoms with Crippen molar-refractivity contribution in [1.82, 2.24) is 9.55 Å². The minimum atomic E-state index is -1.02. The van der Waals surface area contributed by atoms with Crippen LogP contribution < -0.4 is 0 Å². The van der Waals surface area contributed by atoms with E-state index in [2.05, 4.69) is 24.0 Å². The van der Waals surface area contributed by atoms with Gasteiger partial charge in [-0.25, -0.2) is 9.78 Å². The van der Waals surface area contributed by atoms with Crippen molar-refractivity contribution in [2.75, 3.05) is 0 Å². The Bertz CT molecular complexity index is 821. The van der Waals surface area contributed by atoms with Crippen LogP contribution in [0.3, 0.4) is 0 Å². The number of hydrogen-bond acceptors (Lipinski definition) is 2. The molecule has 24 heavy (non-hydrogen) atoms. The van der Waals surface area contributed by atoms with Crippen LogP contribution in [0, 0.1) is 0 Å². The van der Waals surface area contributed by atoms with E-state index in [1.807, 2.05) is 47.0 Å². The van der Waals surface area contributed by atoms with E-state index in [-0.39, 0.29) is 5.69 Å². The van der Waals surface area contributed by atoms with Crippen molar-refractivity contribution in [3.63, 3.8) is 0 Å². The Morgan fingerprint density at radius 2 is 1.79 bits per heavy atom. The molecule has 0 radical (unpaired) electrons. The second-order valence-electron chi connectivity index (χ2n) is 5.76. The second kappa shape index (κ2) is 7.13. The van der Waals surface area contributed by atoms with E-state index < -0.39 is 5.97 Å². The minimum Gasteiger partial charge on any atom is -0.476 e. The van der Waals surface area contributed by atoms with Gasteiger partial charge in [-0.15, -0.1) is 0 Å². The van der Waals surface area contributed by atoms with Crippen molar-refractivity contribution in [1.29, 1.82) is 0 Å². The summed E-state index contributed by atoms with van der Waals surface area (Å²) in [6, 6.07) is 17.9. The van der Waals surface area contributed by atoms with E-state index in [1.54, 1.807) is 6.20 Å². The number of aromatic carboxylic acids is 1. The molecule has 2 aromatic carbocycles. The first-order chi connectivity index (χ1) is 11.7. The van der Waals surface area contributed by atoms with Gasteiger partial charge in [0.15, 0.2) is 5.69 Å². The number of rotatable bonds is 6. The fourth-order valence-electron chi connectivity index (χ4n) is 2.68. The summed E-state index contributed by atoms with van der Waals surface area (Å²) in [5.41, 5.74) is 3.14. The van der Waals surface area contributed by atoms with Crippen LogP contribution in [0.1, 0.15) is 35.8 Å². The number of hydrogen-bond donors (Lipinski definition) is 1. The molecule has 0 fully saturated rings.